The summed E-state index contributed by atoms with van der Waals surface area (Å²) in [5, 5.41) is 11.1. The molecule has 0 N–H and O–H groups in total. The molecule has 0 aliphatic carbocycles. The number of hydrogen-bond donors (Lipinski definition) is 0. The fraction of sp³-hybridized carbons (Fsp3) is 0.278. The zero-order valence-corrected chi connectivity index (χ0v) is 15.8. The summed E-state index contributed by atoms with van der Waals surface area (Å²) in [7, 11) is -3.22. The van der Waals surface area contributed by atoms with Gasteiger partial charge in [0.05, 0.1) is 27.0 Å². The Morgan fingerprint density at radius 1 is 1.22 bits per heavy atom. The lowest BCUT2D eigenvalue weighted by atomic mass is 10.1. The molecule has 1 amide bonds. The highest BCUT2D eigenvalue weighted by Gasteiger charge is 2.36. The SMILES string of the molecule is O=C(c1cc([N+](=O)[O-])ccc1Cl)N(Cc1ccccc1)C1CCS(=O)(=O)C1. The maximum atomic E-state index is 13.2. The number of nitro benzene ring substituents is 1. The number of nitro groups is 1. The standard InChI is InChI=1S/C18H17ClN2O5S/c19-17-7-6-14(21(23)24)10-16(17)18(22)20(11-13-4-2-1-3-5-13)15-8-9-27(25,26)12-15/h1-7,10,15H,8-9,11-12H2. The zero-order valence-electron chi connectivity index (χ0n) is 14.2. The molecule has 0 bridgehead atoms. The van der Waals surface area contributed by atoms with Crippen molar-refractivity contribution in [1.29, 1.82) is 0 Å². The fourth-order valence-corrected chi connectivity index (χ4v) is 5.04. The number of nitrogens with zero attached hydrogens (tertiary/aromatic N) is 2. The van der Waals surface area contributed by atoms with Gasteiger partial charge in [0, 0.05) is 24.7 Å². The van der Waals surface area contributed by atoms with E-state index < -0.39 is 26.7 Å². The molecule has 0 spiro atoms. The van der Waals surface area contributed by atoms with E-state index in [1.54, 1.807) is 0 Å². The van der Waals surface area contributed by atoms with Crippen LogP contribution in [0.2, 0.25) is 5.02 Å². The van der Waals surface area contributed by atoms with Crippen molar-refractivity contribution in [2.24, 2.45) is 0 Å². The molecule has 27 heavy (non-hydrogen) atoms. The Hall–Kier alpha value is -2.45. The number of sulfone groups is 1. The second-order valence-corrected chi connectivity index (χ2v) is 9.03. The van der Waals surface area contributed by atoms with Crippen LogP contribution in [0.4, 0.5) is 5.69 Å². The Bertz CT molecular complexity index is 979. The number of halogens is 1. The summed E-state index contributed by atoms with van der Waals surface area (Å²) in [5.74, 6) is -0.633. The van der Waals surface area contributed by atoms with E-state index in [-0.39, 0.29) is 34.3 Å². The van der Waals surface area contributed by atoms with Gasteiger partial charge >= 0.3 is 0 Å². The van der Waals surface area contributed by atoms with Crippen molar-refractivity contribution in [1.82, 2.24) is 4.90 Å². The highest BCUT2D eigenvalue weighted by molar-refractivity contribution is 7.91. The minimum Gasteiger partial charge on any atom is -0.330 e. The van der Waals surface area contributed by atoms with Crippen molar-refractivity contribution in [2.75, 3.05) is 11.5 Å². The van der Waals surface area contributed by atoms with Gasteiger partial charge in [-0.15, -0.1) is 0 Å². The Balaban J connectivity index is 1.98. The van der Waals surface area contributed by atoms with E-state index in [1.165, 1.54) is 17.0 Å². The van der Waals surface area contributed by atoms with Crippen molar-refractivity contribution < 1.29 is 18.1 Å². The minimum atomic E-state index is -3.22. The van der Waals surface area contributed by atoms with Crippen LogP contribution in [0.25, 0.3) is 0 Å². The van der Waals surface area contributed by atoms with Crippen LogP contribution in [0.15, 0.2) is 48.5 Å². The normalized spacial score (nSPS) is 18.2. The van der Waals surface area contributed by atoms with E-state index >= 15 is 0 Å². The molecule has 1 atom stereocenters. The molecule has 1 aliphatic rings. The Kier molecular flexibility index (Phi) is 5.48. The van der Waals surface area contributed by atoms with Gasteiger partial charge in [-0.2, -0.15) is 0 Å². The van der Waals surface area contributed by atoms with E-state index in [0.717, 1.165) is 11.6 Å². The molecule has 0 radical (unpaired) electrons. The largest absolute Gasteiger partial charge is 0.330 e. The van der Waals surface area contributed by atoms with Crippen LogP contribution < -0.4 is 0 Å². The second-order valence-electron chi connectivity index (χ2n) is 6.40. The number of benzene rings is 2. The van der Waals surface area contributed by atoms with Crippen LogP contribution in [-0.4, -0.2) is 41.7 Å². The van der Waals surface area contributed by atoms with E-state index in [2.05, 4.69) is 0 Å². The van der Waals surface area contributed by atoms with Crippen LogP contribution in [0, 0.1) is 10.1 Å². The summed E-state index contributed by atoms with van der Waals surface area (Å²) >= 11 is 6.12. The summed E-state index contributed by atoms with van der Waals surface area (Å²) in [4.78, 5) is 25.1. The third-order valence-corrected chi connectivity index (χ3v) is 6.58. The van der Waals surface area contributed by atoms with Crippen molar-refractivity contribution in [3.05, 3.63) is 74.8 Å². The molecule has 2 aromatic carbocycles. The molecule has 1 fully saturated rings. The lowest BCUT2D eigenvalue weighted by molar-refractivity contribution is -0.384. The van der Waals surface area contributed by atoms with Crippen molar-refractivity contribution in [3.63, 3.8) is 0 Å². The van der Waals surface area contributed by atoms with Crippen molar-refractivity contribution in [3.8, 4) is 0 Å². The number of carbonyl (C=O) groups excluding carboxylic acids is 1. The fourth-order valence-electron chi connectivity index (χ4n) is 3.11. The highest BCUT2D eigenvalue weighted by Crippen LogP contribution is 2.27. The van der Waals surface area contributed by atoms with Crippen LogP contribution in [0.5, 0.6) is 0 Å². The number of amides is 1. The molecular formula is C18H17ClN2O5S. The third kappa shape index (κ3) is 4.45. The molecule has 3 rings (SSSR count). The van der Waals surface area contributed by atoms with Gasteiger partial charge in [-0.05, 0) is 18.1 Å². The van der Waals surface area contributed by atoms with Crippen LogP contribution >= 0.6 is 11.6 Å². The molecule has 1 unspecified atom stereocenters. The first kappa shape index (κ1) is 19.3. The summed E-state index contributed by atoms with van der Waals surface area (Å²) in [6.07, 6.45) is 0.327. The maximum absolute atomic E-state index is 13.2. The summed E-state index contributed by atoms with van der Waals surface area (Å²) in [6, 6.07) is 12.3. The summed E-state index contributed by atoms with van der Waals surface area (Å²) < 4.78 is 23.8. The van der Waals surface area contributed by atoms with E-state index in [0.29, 0.717) is 6.42 Å². The molecule has 0 saturated carbocycles. The molecule has 2 aromatic rings. The van der Waals surface area contributed by atoms with Gasteiger partial charge in [0.1, 0.15) is 0 Å². The van der Waals surface area contributed by atoms with Gasteiger partial charge < -0.3 is 4.90 Å². The first-order chi connectivity index (χ1) is 12.8. The van der Waals surface area contributed by atoms with Gasteiger partial charge in [0.2, 0.25) is 0 Å². The van der Waals surface area contributed by atoms with Gasteiger partial charge in [0.15, 0.2) is 9.84 Å². The van der Waals surface area contributed by atoms with Gasteiger partial charge in [-0.3, -0.25) is 14.9 Å². The highest BCUT2D eigenvalue weighted by atomic mass is 35.5. The van der Waals surface area contributed by atoms with Crippen LogP contribution in [0.1, 0.15) is 22.3 Å². The van der Waals surface area contributed by atoms with Crippen LogP contribution in [0.3, 0.4) is 0 Å². The third-order valence-electron chi connectivity index (χ3n) is 4.50. The predicted molar refractivity (Wildman–Crippen MR) is 101 cm³/mol. The second kappa shape index (κ2) is 7.66. The number of rotatable bonds is 5. The number of hydrogen-bond acceptors (Lipinski definition) is 5. The topological polar surface area (TPSA) is 97.6 Å². The first-order valence-electron chi connectivity index (χ1n) is 8.26. The predicted octanol–water partition coefficient (Wildman–Crippen LogP) is 3.08. The van der Waals surface area contributed by atoms with E-state index in [4.69, 9.17) is 11.6 Å². The first-order valence-corrected chi connectivity index (χ1v) is 10.5. The van der Waals surface area contributed by atoms with E-state index in [1.807, 2.05) is 30.3 Å². The quantitative estimate of drug-likeness (QED) is 0.559. The molecule has 9 heteroatoms. The molecule has 1 heterocycles. The molecule has 7 nitrogen and oxygen atoms in total. The smallest absolute Gasteiger partial charge is 0.270 e. The lowest BCUT2D eigenvalue weighted by Crippen LogP contribution is -2.40. The zero-order chi connectivity index (χ0) is 19.6. The maximum Gasteiger partial charge on any atom is 0.270 e. The number of non-ortho nitro benzene ring substituents is 1. The lowest BCUT2D eigenvalue weighted by Gasteiger charge is -2.29. The molecule has 142 valence electrons. The van der Waals surface area contributed by atoms with Crippen LogP contribution in [-0.2, 0) is 16.4 Å². The summed E-state index contributed by atoms with van der Waals surface area (Å²) in [6.45, 7) is 0.193. The van der Waals surface area contributed by atoms with Gasteiger partial charge in [-0.25, -0.2) is 8.42 Å². The summed E-state index contributed by atoms with van der Waals surface area (Å²) in [5.41, 5.74) is 0.573. The molecular weight excluding hydrogens is 392 g/mol. The molecule has 0 aromatic heterocycles. The Morgan fingerprint density at radius 3 is 2.52 bits per heavy atom. The number of carbonyl (C=O) groups is 1. The van der Waals surface area contributed by atoms with Gasteiger partial charge in [-0.1, -0.05) is 41.9 Å². The monoisotopic (exact) mass is 408 g/mol. The average molecular weight is 409 g/mol. The minimum absolute atomic E-state index is 0.00824. The molecule has 1 saturated heterocycles. The van der Waals surface area contributed by atoms with Gasteiger partial charge in [0.25, 0.3) is 11.6 Å². The van der Waals surface area contributed by atoms with Crippen molar-refractivity contribution in [2.45, 2.75) is 19.0 Å². The van der Waals surface area contributed by atoms with Crippen molar-refractivity contribution >= 4 is 33.0 Å². The van der Waals surface area contributed by atoms with E-state index in [9.17, 15) is 23.3 Å². The average Bonchev–Trinajstić information content (AvgIpc) is 3.00. The molecule has 1 aliphatic heterocycles. The Labute approximate surface area is 161 Å². The Morgan fingerprint density at radius 2 is 1.93 bits per heavy atom.